The topological polar surface area (TPSA) is 26.3 Å². The zero-order chi connectivity index (χ0) is 13.9. The Kier molecular flexibility index (Phi) is 7.95. The molecule has 0 atom stereocenters. The number of carbonyl (C=O) groups is 1. The fraction of sp³-hybridized carbons (Fsp3) is 0.588. The smallest absolute Gasteiger partial charge is 0.306 e. The molecule has 0 aromatic heterocycles. The fourth-order valence-corrected chi connectivity index (χ4v) is 1.94. The molecule has 106 valence electrons. The van der Waals surface area contributed by atoms with E-state index in [2.05, 4.69) is 38.1 Å². The molecule has 0 fully saturated rings. The molecule has 0 aliphatic heterocycles. The molecule has 0 saturated carbocycles. The van der Waals surface area contributed by atoms with Gasteiger partial charge in [0.05, 0.1) is 0 Å². The quantitative estimate of drug-likeness (QED) is 0.478. The molecular formula is C17H26O2. The van der Waals surface area contributed by atoms with Gasteiger partial charge in [-0.2, -0.15) is 0 Å². The molecule has 0 unspecified atom stereocenters. The number of carbonyl (C=O) groups excluding carboxylic acids is 1. The molecule has 0 amide bonds. The molecule has 2 heteroatoms. The standard InChI is InChI=1S/C17H26O2/c1-3-5-7-9-17(18)19-14-16-12-10-15(11-13-16)8-6-4-2/h10-13H,3-9,14H2,1-2H3. The van der Waals surface area contributed by atoms with E-state index in [1.54, 1.807) is 0 Å². The van der Waals surface area contributed by atoms with Gasteiger partial charge in [-0.25, -0.2) is 0 Å². The van der Waals surface area contributed by atoms with Crippen molar-refractivity contribution in [3.8, 4) is 0 Å². The summed E-state index contributed by atoms with van der Waals surface area (Å²) in [5, 5.41) is 0. The molecule has 0 aliphatic carbocycles. The Morgan fingerprint density at radius 1 is 0.947 bits per heavy atom. The zero-order valence-corrected chi connectivity index (χ0v) is 12.3. The lowest BCUT2D eigenvalue weighted by molar-refractivity contribution is -0.145. The summed E-state index contributed by atoms with van der Waals surface area (Å²) in [6.45, 7) is 4.73. The van der Waals surface area contributed by atoms with Crippen LogP contribution in [0.2, 0.25) is 0 Å². The molecule has 0 spiro atoms. The van der Waals surface area contributed by atoms with Crippen LogP contribution in [0.4, 0.5) is 0 Å². The van der Waals surface area contributed by atoms with Crippen LogP contribution in [-0.2, 0) is 22.6 Å². The molecule has 1 rings (SSSR count). The number of aryl methyl sites for hydroxylation is 1. The first kappa shape index (κ1) is 15.7. The summed E-state index contributed by atoms with van der Waals surface area (Å²) in [6, 6.07) is 8.39. The van der Waals surface area contributed by atoms with Crippen LogP contribution in [0.15, 0.2) is 24.3 Å². The summed E-state index contributed by atoms with van der Waals surface area (Å²) in [5.41, 5.74) is 2.43. The second-order valence-electron chi connectivity index (χ2n) is 5.04. The Morgan fingerprint density at radius 3 is 2.21 bits per heavy atom. The van der Waals surface area contributed by atoms with Crippen molar-refractivity contribution in [3.63, 3.8) is 0 Å². The third-order valence-corrected chi connectivity index (χ3v) is 3.23. The molecule has 0 bridgehead atoms. The third kappa shape index (κ3) is 7.00. The van der Waals surface area contributed by atoms with Gasteiger partial charge in [0.2, 0.25) is 0 Å². The van der Waals surface area contributed by atoms with Gasteiger partial charge in [-0.15, -0.1) is 0 Å². The van der Waals surface area contributed by atoms with Crippen molar-refractivity contribution in [2.75, 3.05) is 0 Å². The van der Waals surface area contributed by atoms with E-state index in [-0.39, 0.29) is 5.97 Å². The van der Waals surface area contributed by atoms with Gasteiger partial charge in [-0.1, -0.05) is 57.4 Å². The minimum atomic E-state index is -0.0801. The number of rotatable bonds is 9. The van der Waals surface area contributed by atoms with E-state index in [9.17, 15) is 4.79 Å². The first-order chi connectivity index (χ1) is 9.26. The molecule has 0 N–H and O–H groups in total. The number of esters is 1. The zero-order valence-electron chi connectivity index (χ0n) is 12.3. The van der Waals surface area contributed by atoms with Gasteiger partial charge in [-0.05, 0) is 30.4 Å². The van der Waals surface area contributed by atoms with Crippen molar-refractivity contribution < 1.29 is 9.53 Å². The van der Waals surface area contributed by atoms with E-state index in [1.165, 1.54) is 18.4 Å². The minimum Gasteiger partial charge on any atom is -0.461 e. The average Bonchev–Trinajstić information content (AvgIpc) is 2.44. The van der Waals surface area contributed by atoms with E-state index in [1.807, 2.05) is 0 Å². The van der Waals surface area contributed by atoms with E-state index in [0.29, 0.717) is 13.0 Å². The first-order valence-electron chi connectivity index (χ1n) is 7.49. The monoisotopic (exact) mass is 262 g/mol. The van der Waals surface area contributed by atoms with E-state index < -0.39 is 0 Å². The van der Waals surface area contributed by atoms with Gasteiger partial charge in [0.25, 0.3) is 0 Å². The number of benzene rings is 1. The van der Waals surface area contributed by atoms with Crippen LogP contribution in [0.3, 0.4) is 0 Å². The Balaban J connectivity index is 2.27. The van der Waals surface area contributed by atoms with E-state index in [4.69, 9.17) is 4.74 Å². The molecule has 0 radical (unpaired) electrons. The summed E-state index contributed by atoms with van der Waals surface area (Å²) in [7, 11) is 0. The molecular weight excluding hydrogens is 236 g/mol. The molecule has 0 heterocycles. The SMILES string of the molecule is CCCCCC(=O)OCc1ccc(CCCC)cc1. The molecule has 0 saturated heterocycles. The predicted molar refractivity (Wildman–Crippen MR) is 79.0 cm³/mol. The maximum Gasteiger partial charge on any atom is 0.306 e. The van der Waals surface area contributed by atoms with Crippen molar-refractivity contribution in [2.45, 2.75) is 65.4 Å². The van der Waals surface area contributed by atoms with Crippen LogP contribution >= 0.6 is 0 Å². The van der Waals surface area contributed by atoms with Crippen LogP contribution in [0.1, 0.15) is 63.5 Å². The predicted octanol–water partition coefficient (Wildman–Crippen LogP) is 4.65. The number of unbranched alkanes of at least 4 members (excludes halogenated alkanes) is 3. The van der Waals surface area contributed by atoms with Gasteiger partial charge in [0, 0.05) is 6.42 Å². The number of ether oxygens (including phenoxy) is 1. The number of hydrogen-bond acceptors (Lipinski definition) is 2. The Hall–Kier alpha value is -1.31. The van der Waals surface area contributed by atoms with Gasteiger partial charge in [0.15, 0.2) is 0 Å². The first-order valence-corrected chi connectivity index (χ1v) is 7.49. The fourth-order valence-electron chi connectivity index (χ4n) is 1.94. The van der Waals surface area contributed by atoms with Crippen LogP contribution in [0, 0.1) is 0 Å². The maximum absolute atomic E-state index is 11.5. The molecule has 2 nitrogen and oxygen atoms in total. The van der Waals surface area contributed by atoms with E-state index >= 15 is 0 Å². The third-order valence-electron chi connectivity index (χ3n) is 3.23. The van der Waals surface area contributed by atoms with Crippen molar-refractivity contribution in [1.82, 2.24) is 0 Å². The van der Waals surface area contributed by atoms with Crippen LogP contribution in [0.5, 0.6) is 0 Å². The largest absolute Gasteiger partial charge is 0.461 e. The van der Waals surface area contributed by atoms with Crippen molar-refractivity contribution in [3.05, 3.63) is 35.4 Å². The van der Waals surface area contributed by atoms with Crippen LogP contribution in [0.25, 0.3) is 0 Å². The van der Waals surface area contributed by atoms with Crippen molar-refractivity contribution in [1.29, 1.82) is 0 Å². The molecule has 19 heavy (non-hydrogen) atoms. The molecule has 1 aromatic carbocycles. The lowest BCUT2D eigenvalue weighted by Crippen LogP contribution is -2.04. The number of hydrogen-bond donors (Lipinski definition) is 0. The van der Waals surface area contributed by atoms with Crippen LogP contribution < -0.4 is 0 Å². The summed E-state index contributed by atoms with van der Waals surface area (Å²) in [5.74, 6) is -0.0801. The Labute approximate surface area is 117 Å². The summed E-state index contributed by atoms with van der Waals surface area (Å²) >= 11 is 0. The second-order valence-corrected chi connectivity index (χ2v) is 5.04. The summed E-state index contributed by atoms with van der Waals surface area (Å²) < 4.78 is 5.26. The van der Waals surface area contributed by atoms with E-state index in [0.717, 1.165) is 31.2 Å². The highest BCUT2D eigenvalue weighted by atomic mass is 16.5. The van der Waals surface area contributed by atoms with Gasteiger partial charge < -0.3 is 4.74 Å². The lowest BCUT2D eigenvalue weighted by Gasteiger charge is -2.06. The lowest BCUT2D eigenvalue weighted by atomic mass is 10.1. The highest BCUT2D eigenvalue weighted by Gasteiger charge is 2.03. The highest BCUT2D eigenvalue weighted by Crippen LogP contribution is 2.09. The van der Waals surface area contributed by atoms with Crippen molar-refractivity contribution >= 4 is 5.97 Å². The summed E-state index contributed by atoms with van der Waals surface area (Å²) in [4.78, 5) is 11.5. The van der Waals surface area contributed by atoms with Gasteiger partial charge in [0.1, 0.15) is 6.61 Å². The van der Waals surface area contributed by atoms with Crippen LogP contribution in [-0.4, -0.2) is 5.97 Å². The molecule has 1 aromatic rings. The molecule has 0 aliphatic rings. The minimum absolute atomic E-state index is 0.0801. The van der Waals surface area contributed by atoms with Crippen molar-refractivity contribution in [2.24, 2.45) is 0 Å². The highest BCUT2D eigenvalue weighted by molar-refractivity contribution is 5.69. The normalized spacial score (nSPS) is 10.4. The Morgan fingerprint density at radius 2 is 1.58 bits per heavy atom. The second kappa shape index (κ2) is 9.60. The maximum atomic E-state index is 11.5. The summed E-state index contributed by atoms with van der Waals surface area (Å²) in [6.07, 6.45) is 7.29. The van der Waals surface area contributed by atoms with Gasteiger partial charge >= 0.3 is 5.97 Å². The average molecular weight is 262 g/mol. The van der Waals surface area contributed by atoms with Gasteiger partial charge in [-0.3, -0.25) is 4.79 Å². The Bertz CT molecular complexity index is 354.